The Labute approximate surface area is 200 Å². The molecule has 0 aliphatic carbocycles. The summed E-state index contributed by atoms with van der Waals surface area (Å²) in [6.45, 7) is 6.44. The summed E-state index contributed by atoms with van der Waals surface area (Å²) in [6.07, 6.45) is -0.435. The fraction of sp³-hybridized carbons (Fsp3) is 0.269. The zero-order valence-electron chi connectivity index (χ0n) is 19.5. The van der Waals surface area contributed by atoms with Gasteiger partial charge in [-0.2, -0.15) is 0 Å². The van der Waals surface area contributed by atoms with Crippen molar-refractivity contribution in [1.29, 1.82) is 0 Å². The van der Waals surface area contributed by atoms with Crippen molar-refractivity contribution in [2.45, 2.75) is 42.6 Å². The minimum Gasteiger partial charge on any atom is -0.508 e. The first-order valence-corrected chi connectivity index (χ1v) is 12.3. The molecule has 0 saturated heterocycles. The molecule has 0 atom stereocenters. The number of sulfone groups is 1. The van der Waals surface area contributed by atoms with Crippen LogP contribution in [0.4, 0.5) is 4.79 Å². The van der Waals surface area contributed by atoms with E-state index < -0.39 is 21.5 Å². The fourth-order valence-corrected chi connectivity index (χ4v) is 4.45. The van der Waals surface area contributed by atoms with Crippen LogP contribution in [-0.4, -0.2) is 43.3 Å². The highest BCUT2D eigenvalue weighted by molar-refractivity contribution is 7.91. The highest BCUT2D eigenvalue weighted by atomic mass is 32.2. The lowest BCUT2D eigenvalue weighted by molar-refractivity contribution is 0.0549. The maximum atomic E-state index is 12.7. The van der Waals surface area contributed by atoms with Crippen molar-refractivity contribution in [2.75, 3.05) is 13.2 Å². The van der Waals surface area contributed by atoms with E-state index in [1.54, 1.807) is 17.0 Å². The Morgan fingerprint density at radius 3 is 1.97 bits per heavy atom. The predicted octanol–water partition coefficient (Wildman–Crippen LogP) is 5.04. The molecule has 0 aromatic heterocycles. The lowest BCUT2D eigenvalue weighted by Crippen LogP contribution is -2.45. The average Bonchev–Trinajstić information content (AvgIpc) is 2.81. The van der Waals surface area contributed by atoms with Crippen molar-refractivity contribution in [3.63, 3.8) is 0 Å². The Bertz CT molecular complexity index is 1180. The minimum atomic E-state index is -3.70. The number of phenols is 1. The average molecular weight is 484 g/mol. The van der Waals surface area contributed by atoms with E-state index in [0.717, 1.165) is 5.56 Å². The van der Waals surface area contributed by atoms with Gasteiger partial charge in [0.05, 0.1) is 9.79 Å². The van der Waals surface area contributed by atoms with Crippen molar-refractivity contribution in [2.24, 2.45) is 0 Å². The van der Waals surface area contributed by atoms with Gasteiger partial charge in [-0.15, -0.1) is 0 Å². The highest BCUT2D eigenvalue weighted by Gasteiger charge is 2.27. The zero-order valence-corrected chi connectivity index (χ0v) is 20.3. The normalized spacial score (nSPS) is 11.6. The third-order valence-corrected chi connectivity index (χ3v) is 6.86. The molecule has 7 nitrogen and oxygen atoms in total. The molecular weight excluding hydrogens is 454 g/mol. The van der Waals surface area contributed by atoms with Crippen molar-refractivity contribution in [1.82, 2.24) is 4.90 Å². The summed E-state index contributed by atoms with van der Waals surface area (Å²) in [5.74, 6) is 0.451. The molecule has 0 radical (unpaired) electrons. The van der Waals surface area contributed by atoms with Crippen LogP contribution in [0.3, 0.4) is 0 Å². The standard InChI is InChI=1S/C26H29NO6S/c1-26(2,3)27(19-20-7-5-4-6-8-20)25(29)33-18-17-32-22-11-15-24(16-12-22)34(30,31)23-13-9-21(28)10-14-23/h4-16,28H,17-19H2,1-3H3. The quantitative estimate of drug-likeness (QED) is 0.451. The van der Waals surface area contributed by atoms with E-state index in [9.17, 15) is 18.3 Å². The van der Waals surface area contributed by atoms with Gasteiger partial charge in [0.15, 0.2) is 0 Å². The molecule has 0 unspecified atom stereocenters. The topological polar surface area (TPSA) is 93.1 Å². The molecule has 0 heterocycles. The predicted molar refractivity (Wildman–Crippen MR) is 129 cm³/mol. The van der Waals surface area contributed by atoms with Crippen LogP contribution in [0.25, 0.3) is 0 Å². The lowest BCUT2D eigenvalue weighted by atomic mass is 10.1. The second kappa shape index (κ2) is 10.6. The van der Waals surface area contributed by atoms with E-state index in [-0.39, 0.29) is 28.8 Å². The van der Waals surface area contributed by atoms with E-state index in [4.69, 9.17) is 9.47 Å². The molecule has 34 heavy (non-hydrogen) atoms. The Morgan fingerprint density at radius 2 is 1.41 bits per heavy atom. The second-order valence-corrected chi connectivity index (χ2v) is 10.6. The zero-order chi connectivity index (χ0) is 24.8. The highest BCUT2D eigenvalue weighted by Crippen LogP contribution is 2.24. The summed E-state index contributed by atoms with van der Waals surface area (Å²) in [5, 5.41) is 9.36. The van der Waals surface area contributed by atoms with Crippen LogP contribution in [0, 0.1) is 0 Å². The molecule has 3 aromatic carbocycles. The van der Waals surface area contributed by atoms with Gasteiger partial charge in [-0.3, -0.25) is 4.90 Å². The van der Waals surface area contributed by atoms with Gasteiger partial charge in [0.25, 0.3) is 0 Å². The van der Waals surface area contributed by atoms with Gasteiger partial charge < -0.3 is 14.6 Å². The van der Waals surface area contributed by atoms with Crippen molar-refractivity contribution in [3.05, 3.63) is 84.4 Å². The van der Waals surface area contributed by atoms with Gasteiger partial charge in [-0.25, -0.2) is 13.2 Å². The number of hydrogen-bond acceptors (Lipinski definition) is 6. The van der Waals surface area contributed by atoms with Crippen molar-refractivity contribution >= 4 is 15.9 Å². The van der Waals surface area contributed by atoms with Gasteiger partial charge in [0, 0.05) is 12.1 Å². The van der Waals surface area contributed by atoms with Crippen molar-refractivity contribution in [3.8, 4) is 11.5 Å². The summed E-state index contributed by atoms with van der Waals surface area (Å²) < 4.78 is 36.4. The number of nitrogens with zero attached hydrogens (tertiary/aromatic N) is 1. The summed E-state index contributed by atoms with van der Waals surface area (Å²) in [4.78, 5) is 14.5. The smallest absolute Gasteiger partial charge is 0.410 e. The van der Waals surface area contributed by atoms with Gasteiger partial charge in [-0.05, 0) is 74.9 Å². The number of aromatic hydroxyl groups is 1. The number of rotatable bonds is 8. The Balaban J connectivity index is 1.54. The molecule has 0 bridgehead atoms. The van der Waals surface area contributed by atoms with E-state index in [0.29, 0.717) is 12.3 Å². The molecule has 3 aromatic rings. The summed E-state index contributed by atoms with van der Waals surface area (Å²) in [7, 11) is -3.70. The Hall–Kier alpha value is -3.52. The Kier molecular flexibility index (Phi) is 7.83. The van der Waals surface area contributed by atoms with Gasteiger partial charge in [-0.1, -0.05) is 30.3 Å². The van der Waals surface area contributed by atoms with Crippen LogP contribution < -0.4 is 4.74 Å². The van der Waals surface area contributed by atoms with Crippen LogP contribution in [0.5, 0.6) is 11.5 Å². The van der Waals surface area contributed by atoms with Crippen molar-refractivity contribution < 1.29 is 27.8 Å². The first-order chi connectivity index (χ1) is 16.1. The number of ether oxygens (including phenoxy) is 2. The minimum absolute atomic E-state index is 0.00548. The maximum Gasteiger partial charge on any atom is 0.410 e. The summed E-state index contributed by atoms with van der Waals surface area (Å²) >= 11 is 0. The third kappa shape index (κ3) is 6.51. The number of amides is 1. The van der Waals surface area contributed by atoms with Crippen LogP contribution in [-0.2, 0) is 21.1 Å². The molecule has 3 rings (SSSR count). The van der Waals surface area contributed by atoms with E-state index >= 15 is 0 Å². The molecule has 0 saturated carbocycles. The first kappa shape index (κ1) is 25.1. The largest absolute Gasteiger partial charge is 0.508 e. The molecule has 0 aliphatic heterocycles. The van der Waals surface area contributed by atoms with Crippen LogP contribution in [0.2, 0.25) is 0 Å². The Morgan fingerprint density at radius 1 is 0.853 bits per heavy atom. The number of hydrogen-bond donors (Lipinski definition) is 1. The van der Waals surface area contributed by atoms with E-state index in [2.05, 4.69) is 0 Å². The molecule has 0 aliphatic rings. The number of carbonyl (C=O) groups is 1. The number of carbonyl (C=O) groups excluding carboxylic acids is 1. The summed E-state index contributed by atoms with van der Waals surface area (Å²) in [5.41, 5.74) is 0.583. The van der Waals surface area contributed by atoms with E-state index in [1.807, 2.05) is 51.1 Å². The maximum absolute atomic E-state index is 12.7. The molecule has 0 fully saturated rings. The fourth-order valence-electron chi connectivity index (χ4n) is 3.18. The first-order valence-electron chi connectivity index (χ1n) is 10.8. The number of phenolic OH excluding ortho intramolecular Hbond substituents is 1. The third-order valence-electron chi connectivity index (χ3n) is 5.07. The van der Waals surface area contributed by atoms with Gasteiger partial charge >= 0.3 is 6.09 Å². The van der Waals surface area contributed by atoms with Crippen LogP contribution in [0.15, 0.2) is 88.7 Å². The number of benzene rings is 3. The SMILES string of the molecule is CC(C)(C)N(Cc1ccccc1)C(=O)OCCOc1ccc(S(=O)(=O)c2ccc(O)cc2)cc1. The molecule has 8 heteroatoms. The lowest BCUT2D eigenvalue weighted by Gasteiger charge is -2.34. The molecule has 1 N–H and O–H groups in total. The molecular formula is C26H29NO6S. The van der Waals surface area contributed by atoms with Gasteiger partial charge in [0.2, 0.25) is 9.84 Å². The van der Waals surface area contributed by atoms with Gasteiger partial charge in [0.1, 0.15) is 24.7 Å². The molecule has 0 spiro atoms. The summed E-state index contributed by atoms with van der Waals surface area (Å²) in [6, 6.07) is 21.0. The van der Waals surface area contributed by atoms with E-state index in [1.165, 1.54) is 36.4 Å². The van der Waals surface area contributed by atoms with Crippen LogP contribution in [0.1, 0.15) is 26.3 Å². The second-order valence-electron chi connectivity index (χ2n) is 8.67. The molecule has 180 valence electrons. The van der Waals surface area contributed by atoms with Crippen LogP contribution >= 0.6 is 0 Å². The molecule has 1 amide bonds. The monoisotopic (exact) mass is 483 g/mol.